The summed E-state index contributed by atoms with van der Waals surface area (Å²) in [6, 6.07) is 15.1. The number of fused-ring (bicyclic) bond motifs is 3. The van der Waals surface area contributed by atoms with E-state index in [4.69, 9.17) is 0 Å². The number of halogens is 3. The first kappa shape index (κ1) is 18.5. The Kier molecular flexibility index (Phi) is 4.58. The molecule has 1 atom stereocenters. The molecule has 4 rings (SSSR count). The molecular weight excluding hydrogens is 369 g/mol. The molecule has 0 saturated heterocycles. The second-order valence-corrected chi connectivity index (χ2v) is 6.89. The first-order chi connectivity index (χ1) is 13.3. The van der Waals surface area contributed by atoms with Gasteiger partial charge in [-0.25, -0.2) is 4.98 Å². The SMILES string of the molecule is CC(c1ccccc1)N1CCn2c(nc3cc(NC(=O)C(F)(F)F)ccc32)C1. The maximum atomic E-state index is 12.5. The van der Waals surface area contributed by atoms with Gasteiger partial charge in [0.25, 0.3) is 0 Å². The number of imidazole rings is 1. The fourth-order valence-electron chi connectivity index (χ4n) is 3.59. The van der Waals surface area contributed by atoms with E-state index >= 15 is 0 Å². The molecule has 0 saturated carbocycles. The average molecular weight is 388 g/mol. The minimum atomic E-state index is -4.92. The number of aromatic nitrogens is 2. The molecule has 8 heteroatoms. The number of nitrogens with one attached hydrogen (secondary N) is 1. The first-order valence-electron chi connectivity index (χ1n) is 8.99. The van der Waals surface area contributed by atoms with E-state index in [1.807, 2.05) is 23.5 Å². The topological polar surface area (TPSA) is 50.2 Å². The van der Waals surface area contributed by atoms with Gasteiger partial charge in [-0.05, 0) is 30.7 Å². The van der Waals surface area contributed by atoms with Gasteiger partial charge in [0.15, 0.2) is 0 Å². The molecule has 0 fully saturated rings. The van der Waals surface area contributed by atoms with Gasteiger partial charge in [-0.15, -0.1) is 0 Å². The Morgan fingerprint density at radius 1 is 1.14 bits per heavy atom. The van der Waals surface area contributed by atoms with Gasteiger partial charge < -0.3 is 9.88 Å². The lowest BCUT2D eigenvalue weighted by molar-refractivity contribution is -0.167. The van der Waals surface area contributed by atoms with Gasteiger partial charge in [-0.1, -0.05) is 30.3 Å². The maximum Gasteiger partial charge on any atom is 0.471 e. The van der Waals surface area contributed by atoms with E-state index in [1.165, 1.54) is 17.7 Å². The summed E-state index contributed by atoms with van der Waals surface area (Å²) in [5.41, 5.74) is 2.74. The highest BCUT2D eigenvalue weighted by molar-refractivity contribution is 5.96. The summed E-state index contributed by atoms with van der Waals surface area (Å²) in [5, 5.41) is 1.88. The summed E-state index contributed by atoms with van der Waals surface area (Å²) in [4.78, 5) is 18.1. The molecule has 0 radical (unpaired) electrons. The number of carbonyl (C=O) groups excluding carboxylic acids is 1. The molecule has 2 heterocycles. The highest BCUT2D eigenvalue weighted by atomic mass is 19.4. The number of amides is 1. The average Bonchev–Trinajstić information content (AvgIpc) is 3.04. The van der Waals surface area contributed by atoms with Gasteiger partial charge in [0, 0.05) is 24.8 Å². The van der Waals surface area contributed by atoms with Crippen molar-refractivity contribution in [2.24, 2.45) is 0 Å². The van der Waals surface area contributed by atoms with Crippen LogP contribution in [0.3, 0.4) is 0 Å². The zero-order chi connectivity index (χ0) is 19.9. The Morgan fingerprint density at radius 3 is 2.61 bits per heavy atom. The Labute approximate surface area is 159 Å². The largest absolute Gasteiger partial charge is 0.471 e. The number of hydrogen-bond donors (Lipinski definition) is 1. The summed E-state index contributed by atoms with van der Waals surface area (Å²) in [5.74, 6) is -1.12. The highest BCUT2D eigenvalue weighted by Crippen LogP contribution is 2.29. The van der Waals surface area contributed by atoms with Crippen LogP contribution in [0.2, 0.25) is 0 Å². The first-order valence-corrected chi connectivity index (χ1v) is 8.99. The van der Waals surface area contributed by atoms with Crippen LogP contribution in [0.4, 0.5) is 18.9 Å². The van der Waals surface area contributed by atoms with Crippen LogP contribution in [0, 0.1) is 0 Å². The van der Waals surface area contributed by atoms with Gasteiger partial charge in [0.1, 0.15) is 5.82 Å². The molecule has 0 bridgehead atoms. The van der Waals surface area contributed by atoms with Gasteiger partial charge in [-0.2, -0.15) is 13.2 Å². The summed E-state index contributed by atoms with van der Waals surface area (Å²) in [6.07, 6.45) is -4.92. The van der Waals surface area contributed by atoms with Gasteiger partial charge in [0.2, 0.25) is 0 Å². The predicted octanol–water partition coefficient (Wildman–Crippen LogP) is 4.11. The molecular formula is C20H19F3N4O. The van der Waals surface area contributed by atoms with Crippen molar-refractivity contribution < 1.29 is 18.0 Å². The molecule has 3 aromatic rings. The molecule has 0 aliphatic carbocycles. The normalized spacial score (nSPS) is 16.0. The molecule has 1 amide bonds. The van der Waals surface area contributed by atoms with Crippen LogP contribution in [-0.4, -0.2) is 33.1 Å². The molecule has 146 valence electrons. The molecule has 2 aromatic carbocycles. The smallest absolute Gasteiger partial charge is 0.326 e. The monoisotopic (exact) mass is 388 g/mol. The van der Waals surface area contributed by atoms with Gasteiger partial charge in [-0.3, -0.25) is 9.69 Å². The number of benzene rings is 2. The highest BCUT2D eigenvalue weighted by Gasteiger charge is 2.38. The van der Waals surface area contributed by atoms with Crippen LogP contribution in [0.25, 0.3) is 11.0 Å². The Bertz CT molecular complexity index is 1010. The predicted molar refractivity (Wildman–Crippen MR) is 99.7 cm³/mol. The van der Waals surface area contributed by atoms with Crippen molar-refractivity contribution in [1.82, 2.24) is 14.5 Å². The summed E-state index contributed by atoms with van der Waals surface area (Å²) < 4.78 is 39.4. The van der Waals surface area contributed by atoms with Crippen molar-refractivity contribution >= 4 is 22.6 Å². The van der Waals surface area contributed by atoms with Gasteiger partial charge >= 0.3 is 12.1 Å². The third kappa shape index (κ3) is 3.47. The van der Waals surface area contributed by atoms with E-state index in [0.717, 1.165) is 24.4 Å². The van der Waals surface area contributed by atoms with Crippen LogP contribution in [0.15, 0.2) is 48.5 Å². The van der Waals surface area contributed by atoms with Crippen molar-refractivity contribution in [3.05, 3.63) is 59.9 Å². The van der Waals surface area contributed by atoms with Crippen LogP contribution < -0.4 is 5.32 Å². The third-order valence-corrected chi connectivity index (χ3v) is 5.13. The van der Waals surface area contributed by atoms with Gasteiger partial charge in [0.05, 0.1) is 17.6 Å². The Balaban J connectivity index is 1.57. The van der Waals surface area contributed by atoms with Crippen LogP contribution in [0.1, 0.15) is 24.4 Å². The zero-order valence-electron chi connectivity index (χ0n) is 15.2. The Morgan fingerprint density at radius 2 is 1.89 bits per heavy atom. The summed E-state index contributed by atoms with van der Waals surface area (Å²) >= 11 is 0. The number of rotatable bonds is 3. The molecule has 1 N–H and O–H groups in total. The van der Waals surface area contributed by atoms with E-state index in [0.29, 0.717) is 12.1 Å². The zero-order valence-corrected chi connectivity index (χ0v) is 15.2. The van der Waals surface area contributed by atoms with Crippen molar-refractivity contribution in [2.75, 3.05) is 11.9 Å². The summed E-state index contributed by atoms with van der Waals surface area (Å²) in [7, 11) is 0. The van der Waals surface area contributed by atoms with E-state index in [-0.39, 0.29) is 11.7 Å². The lowest BCUT2D eigenvalue weighted by Gasteiger charge is -2.33. The quantitative estimate of drug-likeness (QED) is 0.735. The summed E-state index contributed by atoms with van der Waals surface area (Å²) in [6.45, 7) is 4.39. The van der Waals surface area contributed by atoms with E-state index in [1.54, 1.807) is 6.07 Å². The van der Waals surface area contributed by atoms with Crippen molar-refractivity contribution in [3.8, 4) is 0 Å². The van der Waals surface area contributed by atoms with Crippen molar-refractivity contribution in [2.45, 2.75) is 32.2 Å². The van der Waals surface area contributed by atoms with Crippen LogP contribution >= 0.6 is 0 Å². The van der Waals surface area contributed by atoms with Crippen molar-refractivity contribution in [3.63, 3.8) is 0 Å². The number of anilines is 1. The molecule has 1 aromatic heterocycles. The molecule has 1 aliphatic rings. The lowest BCUT2D eigenvalue weighted by Crippen LogP contribution is -2.35. The molecule has 5 nitrogen and oxygen atoms in total. The molecule has 1 unspecified atom stereocenters. The van der Waals surface area contributed by atoms with Crippen molar-refractivity contribution in [1.29, 1.82) is 0 Å². The second kappa shape index (κ2) is 6.94. The number of alkyl halides is 3. The lowest BCUT2D eigenvalue weighted by atomic mass is 10.1. The minimum absolute atomic E-state index is 0.0831. The maximum absolute atomic E-state index is 12.5. The van der Waals surface area contributed by atoms with E-state index in [2.05, 4.69) is 33.5 Å². The Hall–Kier alpha value is -2.87. The molecule has 28 heavy (non-hydrogen) atoms. The number of nitrogens with zero attached hydrogens (tertiary/aromatic N) is 3. The number of carbonyl (C=O) groups is 1. The number of hydrogen-bond acceptors (Lipinski definition) is 3. The molecule has 0 spiro atoms. The second-order valence-electron chi connectivity index (χ2n) is 6.89. The fourth-order valence-corrected chi connectivity index (χ4v) is 3.59. The standard InChI is InChI=1S/C20H19F3N4O/c1-13(14-5-3-2-4-6-14)26-9-10-27-17-8-7-15(24-19(28)20(21,22)23)11-16(17)25-18(27)12-26/h2-8,11,13H,9-10,12H2,1H3,(H,24,28). The molecule has 1 aliphatic heterocycles. The van der Waals surface area contributed by atoms with E-state index < -0.39 is 12.1 Å². The fraction of sp³-hybridized carbons (Fsp3) is 0.300. The van der Waals surface area contributed by atoms with Crippen LogP contribution in [-0.2, 0) is 17.9 Å². The minimum Gasteiger partial charge on any atom is -0.326 e. The van der Waals surface area contributed by atoms with Crippen LogP contribution in [0.5, 0.6) is 0 Å². The third-order valence-electron chi connectivity index (χ3n) is 5.13. The van der Waals surface area contributed by atoms with E-state index in [9.17, 15) is 18.0 Å².